The first-order chi connectivity index (χ1) is 14.6. The maximum absolute atomic E-state index is 13.5. The van der Waals surface area contributed by atoms with Crippen molar-refractivity contribution in [3.05, 3.63) is 53.8 Å². The fourth-order valence-electron chi connectivity index (χ4n) is 3.63. The van der Waals surface area contributed by atoms with Crippen molar-refractivity contribution in [2.24, 2.45) is 4.99 Å². The lowest BCUT2D eigenvalue weighted by Crippen LogP contribution is -2.48. The van der Waals surface area contributed by atoms with Crippen LogP contribution in [-0.2, 0) is 6.54 Å². The highest BCUT2D eigenvalue weighted by Crippen LogP contribution is 2.28. The van der Waals surface area contributed by atoms with Gasteiger partial charge in [0.2, 0.25) is 0 Å². The molecule has 2 aromatic carbocycles. The predicted molar refractivity (Wildman–Crippen MR) is 119 cm³/mol. The van der Waals surface area contributed by atoms with Crippen molar-refractivity contribution in [3.63, 3.8) is 0 Å². The minimum absolute atomic E-state index is 0.191. The van der Waals surface area contributed by atoms with Gasteiger partial charge in [-0.2, -0.15) is 0 Å². The van der Waals surface area contributed by atoms with Crippen LogP contribution < -0.4 is 25.0 Å². The molecule has 1 saturated heterocycles. The van der Waals surface area contributed by atoms with Crippen LogP contribution in [0.15, 0.2) is 47.5 Å². The van der Waals surface area contributed by atoms with Gasteiger partial charge < -0.3 is 25.0 Å². The number of piperidine rings is 1. The van der Waals surface area contributed by atoms with Crippen LogP contribution in [0, 0.1) is 5.82 Å². The molecule has 2 N–H and O–H groups in total. The zero-order chi connectivity index (χ0) is 21.3. The van der Waals surface area contributed by atoms with Gasteiger partial charge in [0.15, 0.2) is 17.5 Å². The highest BCUT2D eigenvalue weighted by atomic mass is 19.1. The average Bonchev–Trinajstić information content (AvgIpc) is 2.77. The molecule has 0 saturated carbocycles. The number of hydrogen-bond acceptors (Lipinski definition) is 4. The van der Waals surface area contributed by atoms with Crippen molar-refractivity contribution in [2.75, 3.05) is 38.8 Å². The van der Waals surface area contributed by atoms with Crippen molar-refractivity contribution in [1.29, 1.82) is 0 Å². The summed E-state index contributed by atoms with van der Waals surface area (Å²) in [4.78, 5) is 6.58. The van der Waals surface area contributed by atoms with Crippen molar-refractivity contribution in [2.45, 2.75) is 32.4 Å². The van der Waals surface area contributed by atoms with Crippen LogP contribution >= 0.6 is 0 Å². The van der Waals surface area contributed by atoms with E-state index < -0.39 is 0 Å². The molecule has 3 rings (SSSR count). The molecule has 1 fully saturated rings. The minimum atomic E-state index is -0.191. The predicted octanol–water partition coefficient (Wildman–Crippen LogP) is 3.57. The van der Waals surface area contributed by atoms with Crippen LogP contribution in [0.4, 0.5) is 10.1 Å². The number of methoxy groups -OCH3 is 1. The molecule has 0 radical (unpaired) electrons. The van der Waals surface area contributed by atoms with E-state index >= 15 is 0 Å². The Bertz CT molecular complexity index is 851. The first-order valence-electron chi connectivity index (χ1n) is 10.4. The van der Waals surface area contributed by atoms with Crippen molar-refractivity contribution in [3.8, 4) is 11.5 Å². The molecule has 1 aliphatic heterocycles. The zero-order valence-corrected chi connectivity index (χ0v) is 18.0. The van der Waals surface area contributed by atoms with Crippen LogP contribution in [0.3, 0.4) is 0 Å². The summed E-state index contributed by atoms with van der Waals surface area (Å²) in [6, 6.07) is 13.0. The zero-order valence-electron chi connectivity index (χ0n) is 18.0. The Morgan fingerprint density at radius 3 is 2.63 bits per heavy atom. The normalized spacial score (nSPS) is 15.1. The third-order valence-corrected chi connectivity index (χ3v) is 5.22. The number of rotatable bonds is 7. The summed E-state index contributed by atoms with van der Waals surface area (Å²) in [6.07, 6.45) is 1.93. The standard InChI is InChI=1S/C23H31FN4O2/c1-4-30-22-14-17(8-9-21(22)29-3)16-26-23(25-2)27-19-10-12-28(13-11-19)20-7-5-6-18(24)15-20/h5-9,14-15,19H,4,10-13,16H2,1-3H3,(H2,25,26,27). The van der Waals surface area contributed by atoms with E-state index in [-0.39, 0.29) is 5.82 Å². The van der Waals surface area contributed by atoms with Gasteiger partial charge in [-0.3, -0.25) is 4.99 Å². The summed E-state index contributed by atoms with van der Waals surface area (Å²) in [5.41, 5.74) is 2.03. The van der Waals surface area contributed by atoms with Crippen LogP contribution in [0.25, 0.3) is 0 Å². The van der Waals surface area contributed by atoms with Gasteiger partial charge in [-0.1, -0.05) is 12.1 Å². The lowest BCUT2D eigenvalue weighted by molar-refractivity contribution is 0.310. The monoisotopic (exact) mass is 414 g/mol. The number of hydrogen-bond donors (Lipinski definition) is 2. The maximum Gasteiger partial charge on any atom is 0.191 e. The molecule has 0 aliphatic carbocycles. The Morgan fingerprint density at radius 2 is 1.97 bits per heavy atom. The van der Waals surface area contributed by atoms with Crippen molar-refractivity contribution < 1.29 is 13.9 Å². The second kappa shape index (κ2) is 10.7. The number of nitrogens with one attached hydrogen (secondary N) is 2. The molecular formula is C23H31FN4O2. The molecule has 0 unspecified atom stereocenters. The van der Waals surface area contributed by atoms with E-state index in [4.69, 9.17) is 9.47 Å². The fraction of sp³-hybridized carbons (Fsp3) is 0.435. The Kier molecular flexibility index (Phi) is 7.76. The molecular weight excluding hydrogens is 383 g/mol. The second-order valence-corrected chi connectivity index (χ2v) is 7.23. The second-order valence-electron chi connectivity index (χ2n) is 7.23. The Balaban J connectivity index is 1.50. The first kappa shape index (κ1) is 21.7. The van der Waals surface area contributed by atoms with E-state index in [1.165, 1.54) is 6.07 Å². The number of aliphatic imine (C=N–C) groups is 1. The number of halogens is 1. The molecule has 0 amide bonds. The average molecular weight is 415 g/mol. The molecule has 0 atom stereocenters. The van der Waals surface area contributed by atoms with E-state index in [0.717, 1.165) is 54.6 Å². The summed E-state index contributed by atoms with van der Waals surface area (Å²) in [5, 5.41) is 6.87. The Hall–Kier alpha value is -2.96. The van der Waals surface area contributed by atoms with Gasteiger partial charge >= 0.3 is 0 Å². The number of benzene rings is 2. The number of ether oxygens (including phenoxy) is 2. The summed E-state index contributed by atoms with van der Waals surface area (Å²) in [7, 11) is 3.41. The summed E-state index contributed by atoms with van der Waals surface area (Å²) >= 11 is 0. The van der Waals surface area contributed by atoms with Crippen LogP contribution in [0.1, 0.15) is 25.3 Å². The third kappa shape index (κ3) is 5.78. The van der Waals surface area contributed by atoms with E-state index in [1.807, 2.05) is 31.2 Å². The third-order valence-electron chi connectivity index (χ3n) is 5.22. The molecule has 0 bridgehead atoms. The first-order valence-corrected chi connectivity index (χ1v) is 10.4. The maximum atomic E-state index is 13.5. The number of nitrogens with zero attached hydrogens (tertiary/aromatic N) is 2. The summed E-state index contributed by atoms with van der Waals surface area (Å²) in [6.45, 7) is 4.94. The van der Waals surface area contributed by atoms with Gasteiger partial charge in [0.25, 0.3) is 0 Å². The SMILES string of the molecule is CCOc1cc(CNC(=NC)NC2CCN(c3cccc(F)c3)CC2)ccc1OC. The lowest BCUT2D eigenvalue weighted by atomic mass is 10.0. The van der Waals surface area contributed by atoms with Gasteiger partial charge in [0, 0.05) is 38.4 Å². The van der Waals surface area contributed by atoms with Gasteiger partial charge in [-0.15, -0.1) is 0 Å². The minimum Gasteiger partial charge on any atom is -0.493 e. The molecule has 1 aliphatic rings. The highest BCUT2D eigenvalue weighted by molar-refractivity contribution is 5.80. The molecule has 0 spiro atoms. The van der Waals surface area contributed by atoms with Crippen LogP contribution in [-0.4, -0.2) is 45.9 Å². The molecule has 7 heteroatoms. The molecule has 30 heavy (non-hydrogen) atoms. The lowest BCUT2D eigenvalue weighted by Gasteiger charge is -2.34. The topological polar surface area (TPSA) is 58.1 Å². The van der Waals surface area contributed by atoms with Gasteiger partial charge in [0.05, 0.1) is 13.7 Å². The molecule has 2 aromatic rings. The quantitative estimate of drug-likeness (QED) is 0.536. The van der Waals surface area contributed by atoms with Crippen LogP contribution in [0.2, 0.25) is 0 Å². The summed E-state index contributed by atoms with van der Waals surface area (Å²) < 4.78 is 24.5. The van der Waals surface area contributed by atoms with E-state index in [9.17, 15) is 4.39 Å². The smallest absolute Gasteiger partial charge is 0.191 e. The Labute approximate surface area is 178 Å². The van der Waals surface area contributed by atoms with E-state index in [1.54, 1.807) is 26.3 Å². The van der Waals surface area contributed by atoms with Gasteiger partial charge in [-0.25, -0.2) is 4.39 Å². The molecule has 6 nitrogen and oxygen atoms in total. The molecule has 1 heterocycles. The van der Waals surface area contributed by atoms with Crippen molar-refractivity contribution in [1.82, 2.24) is 10.6 Å². The van der Waals surface area contributed by atoms with Gasteiger partial charge in [-0.05, 0) is 55.7 Å². The number of anilines is 1. The molecule has 162 valence electrons. The summed E-state index contributed by atoms with van der Waals surface area (Å²) in [5.74, 6) is 2.05. The van der Waals surface area contributed by atoms with E-state index in [2.05, 4.69) is 20.5 Å². The van der Waals surface area contributed by atoms with Crippen molar-refractivity contribution >= 4 is 11.6 Å². The van der Waals surface area contributed by atoms with Crippen LogP contribution in [0.5, 0.6) is 11.5 Å². The van der Waals surface area contributed by atoms with Gasteiger partial charge in [0.1, 0.15) is 5.82 Å². The largest absolute Gasteiger partial charge is 0.493 e. The van der Waals surface area contributed by atoms with E-state index in [0.29, 0.717) is 19.2 Å². The Morgan fingerprint density at radius 1 is 1.17 bits per heavy atom. The molecule has 0 aromatic heterocycles. The highest BCUT2D eigenvalue weighted by Gasteiger charge is 2.20. The number of guanidine groups is 1. The fourth-order valence-corrected chi connectivity index (χ4v) is 3.63.